The second-order valence-corrected chi connectivity index (χ2v) is 8.61. The van der Waals surface area contributed by atoms with Crippen molar-refractivity contribution in [1.29, 1.82) is 0 Å². The zero-order valence-electron chi connectivity index (χ0n) is 18.9. The molecule has 0 unspecified atom stereocenters. The molecule has 2 amide bonds. The summed E-state index contributed by atoms with van der Waals surface area (Å²) in [6, 6.07) is 25.6. The van der Waals surface area contributed by atoms with Gasteiger partial charge in [0, 0.05) is 12.5 Å². The van der Waals surface area contributed by atoms with Crippen LogP contribution in [0.2, 0.25) is 0 Å². The summed E-state index contributed by atoms with van der Waals surface area (Å²) in [6.07, 6.45) is -0.549. The zero-order chi connectivity index (χ0) is 23.9. The highest BCUT2D eigenvalue weighted by atomic mass is 32.1. The Labute approximate surface area is 204 Å². The Bertz CT molecular complexity index is 1140. The van der Waals surface area contributed by atoms with Crippen LogP contribution in [0.15, 0.2) is 78.9 Å². The summed E-state index contributed by atoms with van der Waals surface area (Å²) in [7, 11) is 0. The molecule has 1 aliphatic carbocycles. The lowest BCUT2D eigenvalue weighted by atomic mass is 9.98. The number of rotatable bonds is 8. The third-order valence-corrected chi connectivity index (χ3v) is 6.32. The normalized spacial score (nSPS) is 12.7. The van der Waals surface area contributed by atoms with Crippen LogP contribution >= 0.6 is 12.2 Å². The number of ether oxygens (including phenoxy) is 1. The number of benzene rings is 3. The van der Waals surface area contributed by atoms with Crippen LogP contribution in [-0.4, -0.2) is 36.2 Å². The second kappa shape index (κ2) is 10.9. The highest BCUT2D eigenvalue weighted by Gasteiger charge is 2.29. The van der Waals surface area contributed by atoms with Gasteiger partial charge in [-0.15, -0.1) is 0 Å². The van der Waals surface area contributed by atoms with E-state index in [2.05, 4.69) is 40.2 Å². The van der Waals surface area contributed by atoms with Gasteiger partial charge in [0.15, 0.2) is 0 Å². The fourth-order valence-electron chi connectivity index (χ4n) is 4.06. The predicted octanol–water partition coefficient (Wildman–Crippen LogP) is 4.15. The number of hydrogen-bond donors (Lipinski definition) is 3. The van der Waals surface area contributed by atoms with E-state index in [0.29, 0.717) is 11.5 Å². The molecule has 3 N–H and O–H groups in total. The Hall–Kier alpha value is -3.71. The van der Waals surface area contributed by atoms with Gasteiger partial charge in [-0.3, -0.25) is 4.79 Å². The maximum Gasteiger partial charge on any atom is 0.407 e. The third kappa shape index (κ3) is 5.61. The highest BCUT2D eigenvalue weighted by molar-refractivity contribution is 7.80. The van der Waals surface area contributed by atoms with Crippen LogP contribution in [0, 0.1) is 0 Å². The number of nitrogens with one attached hydrogen (secondary N) is 3. The molecule has 1 aliphatic rings. The number of amides is 2. The molecule has 0 radical (unpaired) electrons. The number of thiocarbonyl (C=S) groups is 1. The quantitative estimate of drug-likeness (QED) is 0.429. The van der Waals surface area contributed by atoms with Crippen LogP contribution < -0.4 is 16.0 Å². The van der Waals surface area contributed by atoms with E-state index in [9.17, 15) is 9.59 Å². The van der Waals surface area contributed by atoms with Crippen molar-refractivity contribution in [2.75, 3.05) is 13.2 Å². The van der Waals surface area contributed by atoms with Crippen LogP contribution in [-0.2, 0) is 16.1 Å². The average molecular weight is 474 g/mol. The lowest BCUT2D eigenvalue weighted by Crippen LogP contribution is -2.46. The van der Waals surface area contributed by atoms with Crippen LogP contribution in [0.5, 0.6) is 0 Å². The first-order chi connectivity index (χ1) is 16.5. The van der Waals surface area contributed by atoms with Crippen molar-refractivity contribution in [3.8, 4) is 11.1 Å². The molecule has 4 rings (SSSR count). The topological polar surface area (TPSA) is 79.5 Å². The fraction of sp³-hybridized carbons (Fsp3) is 0.222. The summed E-state index contributed by atoms with van der Waals surface area (Å²) in [5.41, 5.74) is 5.68. The lowest BCUT2D eigenvalue weighted by Gasteiger charge is -2.18. The van der Waals surface area contributed by atoms with Gasteiger partial charge in [0.2, 0.25) is 5.91 Å². The van der Waals surface area contributed by atoms with Gasteiger partial charge in [0.25, 0.3) is 0 Å². The first-order valence-electron chi connectivity index (χ1n) is 11.2. The fourth-order valence-corrected chi connectivity index (χ4v) is 4.19. The van der Waals surface area contributed by atoms with E-state index in [1.165, 1.54) is 11.1 Å². The summed E-state index contributed by atoms with van der Waals surface area (Å²) in [5, 5.41) is 8.46. The summed E-state index contributed by atoms with van der Waals surface area (Å²) in [6.45, 7) is 2.46. The number of alkyl carbamates (subject to hydrolysis) is 1. The van der Waals surface area contributed by atoms with Crippen LogP contribution in [0.25, 0.3) is 11.1 Å². The van der Waals surface area contributed by atoms with E-state index >= 15 is 0 Å². The van der Waals surface area contributed by atoms with Crippen LogP contribution in [0.1, 0.15) is 29.5 Å². The molecule has 7 heteroatoms. The van der Waals surface area contributed by atoms with E-state index in [-0.39, 0.29) is 25.0 Å². The molecule has 0 bridgehead atoms. The molecule has 3 aromatic carbocycles. The first-order valence-corrected chi connectivity index (χ1v) is 11.6. The monoisotopic (exact) mass is 473 g/mol. The number of hydrogen-bond acceptors (Lipinski definition) is 4. The number of fused-ring (bicyclic) bond motifs is 3. The summed E-state index contributed by atoms with van der Waals surface area (Å²) < 4.78 is 5.56. The van der Waals surface area contributed by atoms with Gasteiger partial charge < -0.3 is 20.7 Å². The molecule has 34 heavy (non-hydrogen) atoms. The van der Waals surface area contributed by atoms with Gasteiger partial charge in [-0.25, -0.2) is 4.79 Å². The molecule has 0 fully saturated rings. The van der Waals surface area contributed by atoms with Crippen molar-refractivity contribution in [1.82, 2.24) is 16.0 Å². The highest BCUT2D eigenvalue weighted by Crippen LogP contribution is 2.44. The van der Waals surface area contributed by atoms with Gasteiger partial charge in [0.1, 0.15) is 6.61 Å². The van der Waals surface area contributed by atoms with Gasteiger partial charge in [-0.2, -0.15) is 0 Å². The Morgan fingerprint density at radius 2 is 1.47 bits per heavy atom. The Morgan fingerprint density at radius 3 is 2.12 bits per heavy atom. The standard InChI is InChI=1S/C27H27N3O3S/c1-18(26(34)29-16-25(31)28-15-19-9-3-2-4-10-19)30-27(32)33-17-24-22-13-7-5-11-20(22)21-12-6-8-14-23(21)24/h2-14,18,24H,15-17H2,1H3,(H,28,31)(H,29,34)(H,30,32)/t18-/m0/s1. The van der Waals surface area contributed by atoms with Crippen molar-refractivity contribution in [3.05, 3.63) is 95.6 Å². The maximum atomic E-state index is 12.4. The van der Waals surface area contributed by atoms with Gasteiger partial charge in [-0.05, 0) is 34.7 Å². The largest absolute Gasteiger partial charge is 0.449 e. The number of carbonyl (C=O) groups excluding carboxylic acids is 2. The van der Waals surface area contributed by atoms with E-state index < -0.39 is 12.1 Å². The molecule has 174 valence electrons. The predicted molar refractivity (Wildman–Crippen MR) is 137 cm³/mol. The smallest absolute Gasteiger partial charge is 0.407 e. The molecule has 6 nitrogen and oxygen atoms in total. The molecule has 0 saturated carbocycles. The molecule has 1 atom stereocenters. The van der Waals surface area contributed by atoms with Crippen LogP contribution in [0.3, 0.4) is 0 Å². The SMILES string of the molecule is C[C@H](NC(=O)OCC1c2ccccc2-c2ccccc21)C(=S)NCC(=O)NCc1ccccc1. The van der Waals surface area contributed by atoms with Crippen molar-refractivity contribution in [3.63, 3.8) is 0 Å². The minimum atomic E-state index is -0.549. The molecule has 3 aromatic rings. The van der Waals surface area contributed by atoms with Gasteiger partial charge in [-0.1, -0.05) is 91.1 Å². The van der Waals surface area contributed by atoms with E-state index in [0.717, 1.165) is 16.7 Å². The molecule has 0 aliphatic heterocycles. The van der Waals surface area contributed by atoms with Crippen molar-refractivity contribution in [2.45, 2.75) is 25.4 Å². The van der Waals surface area contributed by atoms with E-state index in [1.54, 1.807) is 6.92 Å². The molecular formula is C27H27N3O3S. The van der Waals surface area contributed by atoms with Crippen LogP contribution in [0.4, 0.5) is 4.79 Å². The van der Waals surface area contributed by atoms with E-state index in [4.69, 9.17) is 17.0 Å². The zero-order valence-corrected chi connectivity index (χ0v) is 19.7. The van der Waals surface area contributed by atoms with Gasteiger partial charge in [0.05, 0.1) is 17.6 Å². The Morgan fingerprint density at radius 1 is 0.882 bits per heavy atom. The van der Waals surface area contributed by atoms with Crippen molar-refractivity contribution in [2.24, 2.45) is 0 Å². The minimum Gasteiger partial charge on any atom is -0.449 e. The maximum absolute atomic E-state index is 12.4. The molecule has 0 saturated heterocycles. The molecule has 0 spiro atoms. The number of carbonyl (C=O) groups is 2. The summed E-state index contributed by atoms with van der Waals surface area (Å²) in [4.78, 5) is 24.9. The first kappa shape index (κ1) is 23.4. The second-order valence-electron chi connectivity index (χ2n) is 8.17. The Balaban J connectivity index is 1.22. The summed E-state index contributed by atoms with van der Waals surface area (Å²) >= 11 is 5.33. The molecular weight excluding hydrogens is 446 g/mol. The van der Waals surface area contributed by atoms with E-state index in [1.807, 2.05) is 54.6 Å². The lowest BCUT2D eigenvalue weighted by molar-refractivity contribution is -0.120. The minimum absolute atomic E-state index is 0.00755. The van der Waals surface area contributed by atoms with Crippen molar-refractivity contribution >= 4 is 29.2 Å². The molecule has 0 aromatic heterocycles. The summed E-state index contributed by atoms with van der Waals surface area (Å²) in [5.74, 6) is -0.189. The average Bonchev–Trinajstić information content (AvgIpc) is 3.19. The molecule has 0 heterocycles. The third-order valence-electron chi connectivity index (χ3n) is 5.83. The van der Waals surface area contributed by atoms with Gasteiger partial charge >= 0.3 is 6.09 Å². The Kier molecular flexibility index (Phi) is 7.54. The van der Waals surface area contributed by atoms with Crippen molar-refractivity contribution < 1.29 is 14.3 Å².